The van der Waals surface area contributed by atoms with Gasteiger partial charge in [-0.25, -0.2) is 0 Å². The minimum Gasteiger partial charge on any atom is -0.870 e. The van der Waals surface area contributed by atoms with Crippen molar-refractivity contribution in [3.63, 3.8) is 0 Å². The zero-order chi connectivity index (χ0) is 34.2. The van der Waals surface area contributed by atoms with Crippen molar-refractivity contribution in [3.05, 3.63) is 47.5 Å². The van der Waals surface area contributed by atoms with Gasteiger partial charge in [-0.3, -0.25) is 0 Å². The molecular formula is C26H38N6O16Tm2+2. The summed E-state index contributed by atoms with van der Waals surface area (Å²) in [6.07, 6.45) is 2.26. The van der Waals surface area contributed by atoms with Gasteiger partial charge in [0, 0.05) is 23.7 Å². The maximum absolute atomic E-state index is 11.7. The van der Waals surface area contributed by atoms with Gasteiger partial charge in [-0.2, -0.15) is 20.4 Å². The minimum absolute atomic E-state index is 0. The molecule has 0 aromatic heterocycles. The number of hydrogen-bond donors (Lipinski definition) is 2. The van der Waals surface area contributed by atoms with Gasteiger partial charge >= 0.3 is 73.7 Å². The number of para-hydroxylation sites is 2. The fraction of sp³-hybridized carbons (Fsp3) is 0.231. The summed E-state index contributed by atoms with van der Waals surface area (Å²) in [5, 5.41) is 98.7. The Morgan fingerprint density at radius 2 is 0.900 bits per heavy atom. The zero-order valence-corrected chi connectivity index (χ0v) is 30.5. The number of carboxylic acids is 2. The second kappa shape index (κ2) is 37.9. The third-order valence-corrected chi connectivity index (χ3v) is 4.07. The van der Waals surface area contributed by atoms with Gasteiger partial charge in [0.1, 0.15) is 11.5 Å². The number of nitrogens with zero attached hydrogens (tertiary/aromatic N) is 6. The summed E-state index contributed by atoms with van der Waals surface area (Å²) in [7, 11) is 2.76. The van der Waals surface area contributed by atoms with E-state index in [0.29, 0.717) is 0 Å². The number of hydrogen-bond acceptors (Lipinski definition) is 18. The van der Waals surface area contributed by atoms with Crippen molar-refractivity contribution in [2.24, 2.45) is 30.7 Å². The van der Waals surface area contributed by atoms with Crippen LogP contribution in [0.4, 0.5) is 0 Å². The summed E-state index contributed by atoms with van der Waals surface area (Å²) in [6.45, 7) is 4.51. The van der Waals surface area contributed by atoms with Gasteiger partial charge in [0.05, 0.1) is 38.1 Å². The molecule has 0 radical (unpaired) electrons. The molecule has 0 aliphatic carbocycles. The Balaban J connectivity index is -0.0000000879. The molecule has 0 atom stereocenters. The molecule has 12 N–H and O–H groups in total. The van der Waals surface area contributed by atoms with Gasteiger partial charge < -0.3 is 82.0 Å². The smallest absolute Gasteiger partial charge is 0.870 e. The number of aliphatic carboxylic acids is 2. The molecule has 0 aliphatic rings. The van der Waals surface area contributed by atoms with Gasteiger partial charge in [0.25, 0.3) is 0 Å². The molecule has 0 fully saturated rings. The van der Waals surface area contributed by atoms with Crippen molar-refractivity contribution in [2.45, 2.75) is 27.7 Å². The summed E-state index contributed by atoms with van der Waals surface area (Å²) < 4.78 is 9.69. The van der Waals surface area contributed by atoms with Crippen molar-refractivity contribution in [1.82, 2.24) is 0 Å². The molecule has 0 heterocycles. The largest absolute Gasteiger partial charge is 3.00 e. The van der Waals surface area contributed by atoms with Crippen LogP contribution in [0.2, 0.25) is 0 Å². The first-order valence-corrected chi connectivity index (χ1v) is 11.6. The van der Waals surface area contributed by atoms with Gasteiger partial charge in [0.2, 0.25) is 0 Å². The monoisotopic (exact) mass is 1030 g/mol. The predicted octanol–water partition coefficient (Wildman–Crippen LogP) is -6.56. The van der Waals surface area contributed by atoms with Crippen molar-refractivity contribution >= 4 is 47.6 Å². The van der Waals surface area contributed by atoms with Crippen LogP contribution in [0.15, 0.2) is 67.1 Å². The van der Waals surface area contributed by atoms with E-state index < -0.39 is 23.7 Å². The first kappa shape index (κ1) is 64.6. The molecule has 2 aromatic carbocycles. The van der Waals surface area contributed by atoms with E-state index in [-0.39, 0.29) is 141 Å². The molecule has 2 aromatic rings. The molecule has 0 spiro atoms. The van der Waals surface area contributed by atoms with Crippen molar-refractivity contribution in [1.29, 1.82) is 0 Å². The number of carbonyl (C=O) groups excluding carboxylic acids is 2. The van der Waals surface area contributed by atoms with Crippen LogP contribution in [0, 0.1) is 73.7 Å². The van der Waals surface area contributed by atoms with E-state index in [0.717, 1.165) is 26.3 Å². The Morgan fingerprint density at radius 1 is 0.640 bits per heavy atom. The summed E-state index contributed by atoms with van der Waals surface area (Å²) in [5.41, 5.74) is 0.0919. The number of ether oxygens (including phenoxy) is 2. The van der Waals surface area contributed by atoms with E-state index >= 15 is 0 Å². The number of carboxylic acid groups (broad SMARTS) is 2. The van der Waals surface area contributed by atoms with Crippen LogP contribution >= 0.6 is 0 Å². The van der Waals surface area contributed by atoms with Crippen molar-refractivity contribution in [2.75, 3.05) is 14.2 Å². The van der Waals surface area contributed by atoms with E-state index in [9.17, 15) is 20.4 Å². The fourth-order valence-corrected chi connectivity index (χ4v) is 2.11. The molecule has 0 saturated heterocycles. The maximum Gasteiger partial charge on any atom is 3.00 e. The molecule has 0 saturated carbocycles. The Hall–Kier alpha value is -3.89. The number of rotatable bonds is 8. The molecule has 0 amide bonds. The third kappa shape index (κ3) is 30.2. The molecule has 0 bridgehead atoms. The predicted molar refractivity (Wildman–Crippen MR) is 163 cm³/mol. The molecule has 22 nitrogen and oxygen atoms in total. The average molecular weight is 1030 g/mol. The SMILES string of the molecule is CC(=O)[O-].CC(=O)[O-].COc1cccc(/C=N/N=C([O-])/C(C)=N/O)c1[O-].COc1cccc(/C=N/N=C([O-])/C(C)=N/O)c1[O-].O.O.[OH3+].[OH3+].[Tm+3].[Tm+3]. The van der Waals surface area contributed by atoms with Crippen LogP contribution in [0.5, 0.6) is 23.0 Å². The van der Waals surface area contributed by atoms with Gasteiger partial charge in [-0.05, 0) is 51.0 Å². The van der Waals surface area contributed by atoms with Gasteiger partial charge in [-0.1, -0.05) is 46.1 Å². The van der Waals surface area contributed by atoms with Crippen LogP contribution in [0.25, 0.3) is 0 Å². The zero-order valence-electron chi connectivity index (χ0n) is 27.0. The molecule has 0 unspecified atom stereocenters. The number of benzene rings is 2. The first-order chi connectivity index (χ1) is 20.7. The molecule has 24 heteroatoms. The molecule has 50 heavy (non-hydrogen) atoms. The normalized spacial score (nSPS) is 10.4. The van der Waals surface area contributed by atoms with Crippen LogP contribution in [-0.2, 0) is 20.5 Å². The van der Waals surface area contributed by atoms with E-state index in [4.69, 9.17) is 39.7 Å². The Bertz CT molecular complexity index is 1310. The summed E-state index contributed by atoms with van der Waals surface area (Å²) in [6, 6.07) is 9.30. The standard InChI is InChI=1S/2C11H13N3O4.2C2H4O2.4H2O.2Tm/c2*1-7(14-17)11(16)13-12-6-8-4-3-5-9(18-2)10(8)15;2*1-2(3)4;;;;;;/h2*3-6,15,17H,1-2H3,(H,13,16);2*1H3,(H,3,4);4*1H2;;/q;;;;;;;;2*+3/p-4/b2*12-6+,14-7+;;;;;;;;. The molecule has 292 valence electrons. The van der Waals surface area contributed by atoms with Gasteiger partial charge in [0.15, 0.2) is 0 Å². The van der Waals surface area contributed by atoms with Crippen molar-refractivity contribution < 1.29 is 156 Å². The van der Waals surface area contributed by atoms with E-state index in [2.05, 4.69) is 30.7 Å². The second-order valence-corrected chi connectivity index (χ2v) is 7.41. The maximum atomic E-state index is 11.7. The van der Waals surface area contributed by atoms with Crippen LogP contribution < -0.4 is 40.1 Å². The fourth-order valence-electron chi connectivity index (χ4n) is 2.11. The average Bonchev–Trinajstić information content (AvgIpc) is 2.97. The summed E-state index contributed by atoms with van der Waals surface area (Å²) in [4.78, 5) is 17.8. The number of carbonyl (C=O) groups is 2. The molecule has 2 rings (SSSR count). The number of methoxy groups -OCH3 is 2. The minimum atomic E-state index is -1.08. The Labute approximate surface area is 343 Å². The van der Waals surface area contributed by atoms with Crippen molar-refractivity contribution in [3.8, 4) is 23.0 Å². The van der Waals surface area contributed by atoms with E-state index in [1.807, 2.05) is 0 Å². The van der Waals surface area contributed by atoms with E-state index in [1.54, 1.807) is 12.1 Å². The van der Waals surface area contributed by atoms with Gasteiger partial charge in [-0.15, -0.1) is 0 Å². The second-order valence-electron chi connectivity index (χ2n) is 7.41. The van der Waals surface area contributed by atoms with Crippen LogP contribution in [-0.4, -0.2) is 83.2 Å². The Morgan fingerprint density at radius 3 is 1.12 bits per heavy atom. The van der Waals surface area contributed by atoms with Crippen LogP contribution in [0.3, 0.4) is 0 Å². The van der Waals surface area contributed by atoms with Crippen LogP contribution in [0.1, 0.15) is 38.8 Å². The summed E-state index contributed by atoms with van der Waals surface area (Å²) >= 11 is 0. The summed E-state index contributed by atoms with van der Waals surface area (Å²) in [5.74, 6) is -4.08. The van der Waals surface area contributed by atoms with E-state index in [1.165, 1.54) is 52.3 Å². The Kier molecular flexibility index (Phi) is 49.0. The number of oxime groups is 2. The molecule has 0 aliphatic heterocycles. The quantitative estimate of drug-likeness (QED) is 0.0820. The molecular weight excluding hydrogens is 990 g/mol. The third-order valence-electron chi connectivity index (χ3n) is 4.07. The first-order valence-electron chi connectivity index (χ1n) is 11.6. The topological polar surface area (TPSA) is 435 Å².